The number of benzene rings is 1. The molecule has 2 N–H and O–H groups in total. The van der Waals surface area contributed by atoms with Gasteiger partial charge in [0.25, 0.3) is 5.91 Å². The number of hydrogen-bond donors (Lipinski definition) is 2. The summed E-state index contributed by atoms with van der Waals surface area (Å²) in [4.78, 5) is 29.1. The van der Waals surface area contributed by atoms with Crippen molar-refractivity contribution in [3.63, 3.8) is 0 Å². The van der Waals surface area contributed by atoms with E-state index in [4.69, 9.17) is 0 Å². The molecule has 0 saturated heterocycles. The van der Waals surface area contributed by atoms with Gasteiger partial charge < -0.3 is 10.6 Å². The summed E-state index contributed by atoms with van der Waals surface area (Å²) in [6.45, 7) is 7.40. The van der Waals surface area contributed by atoms with E-state index in [1.165, 1.54) is 23.8 Å². The van der Waals surface area contributed by atoms with E-state index >= 15 is 0 Å². The molecule has 0 spiro atoms. The van der Waals surface area contributed by atoms with Crippen LogP contribution in [0.1, 0.15) is 49.5 Å². The molecule has 0 fully saturated rings. The molecule has 32 heavy (non-hydrogen) atoms. The Labute approximate surface area is 189 Å². The van der Waals surface area contributed by atoms with Crippen LogP contribution in [0.4, 0.5) is 4.39 Å². The number of halogens is 1. The van der Waals surface area contributed by atoms with E-state index in [0.29, 0.717) is 36.9 Å². The highest BCUT2D eigenvalue weighted by atomic mass is 19.1. The lowest BCUT2D eigenvalue weighted by Crippen LogP contribution is -2.37. The minimum absolute atomic E-state index is 0.0342. The van der Waals surface area contributed by atoms with Crippen LogP contribution in [0.15, 0.2) is 60.4 Å². The maximum absolute atomic E-state index is 13.4. The van der Waals surface area contributed by atoms with E-state index in [-0.39, 0.29) is 23.7 Å². The second-order valence-electron chi connectivity index (χ2n) is 8.98. The lowest BCUT2D eigenvalue weighted by molar-refractivity contribution is -0.122. The van der Waals surface area contributed by atoms with Crippen LogP contribution < -0.4 is 10.6 Å². The van der Waals surface area contributed by atoms with E-state index in [1.807, 2.05) is 12.1 Å². The number of carbonyl (C=O) groups is 2. The van der Waals surface area contributed by atoms with Crippen molar-refractivity contribution in [2.24, 2.45) is 23.7 Å². The average Bonchev–Trinajstić information content (AvgIpc) is 2.78. The summed E-state index contributed by atoms with van der Waals surface area (Å²) < 4.78 is 13.4. The number of amides is 2. The normalized spacial score (nSPS) is 20.5. The standard InChI is InChI=1S/C26H32FN3O2/c1-17(2)24-12-21(13-25(31)29-15-19-6-5-9-28-14-19)18(3)10-22(24)16-30-26(32)20-7-4-8-23(27)11-20/h4-11,14,17,21-22,24H,12-13,15-16H2,1-3H3,(H,29,31)(H,30,32)/t21-,22-,24-/m0/s1. The van der Waals surface area contributed by atoms with E-state index in [9.17, 15) is 14.0 Å². The molecule has 2 amide bonds. The number of rotatable bonds is 8. The molecule has 1 aromatic carbocycles. The highest BCUT2D eigenvalue weighted by Gasteiger charge is 2.32. The largest absolute Gasteiger partial charge is 0.352 e. The van der Waals surface area contributed by atoms with Crippen LogP contribution in [0.5, 0.6) is 0 Å². The molecule has 1 aliphatic carbocycles. The molecule has 0 unspecified atom stereocenters. The lowest BCUT2D eigenvalue weighted by atomic mass is 9.69. The van der Waals surface area contributed by atoms with Crippen molar-refractivity contribution in [3.8, 4) is 0 Å². The molecule has 0 saturated carbocycles. The summed E-state index contributed by atoms with van der Waals surface area (Å²) in [5.74, 6) is 0.477. The first-order chi connectivity index (χ1) is 15.3. The average molecular weight is 438 g/mol. The fraction of sp³-hybridized carbons (Fsp3) is 0.423. The van der Waals surface area contributed by atoms with E-state index in [2.05, 4.69) is 42.5 Å². The zero-order chi connectivity index (χ0) is 23.1. The number of pyridine rings is 1. The molecule has 1 aliphatic rings. The van der Waals surface area contributed by atoms with Crippen LogP contribution in [0, 0.1) is 29.5 Å². The molecule has 1 aromatic heterocycles. The van der Waals surface area contributed by atoms with E-state index in [1.54, 1.807) is 18.5 Å². The fourth-order valence-corrected chi connectivity index (χ4v) is 4.45. The second-order valence-corrected chi connectivity index (χ2v) is 8.98. The molecular weight excluding hydrogens is 405 g/mol. The first-order valence-corrected chi connectivity index (χ1v) is 11.2. The molecule has 0 bridgehead atoms. The van der Waals surface area contributed by atoms with Crippen LogP contribution in [-0.2, 0) is 11.3 Å². The smallest absolute Gasteiger partial charge is 0.251 e. The van der Waals surface area contributed by atoms with Crippen molar-refractivity contribution >= 4 is 11.8 Å². The quantitative estimate of drug-likeness (QED) is 0.597. The number of nitrogens with zero attached hydrogens (tertiary/aromatic N) is 1. The molecule has 5 nitrogen and oxygen atoms in total. The number of carbonyl (C=O) groups excluding carboxylic acids is 2. The predicted molar refractivity (Wildman–Crippen MR) is 123 cm³/mol. The maximum atomic E-state index is 13.4. The van der Waals surface area contributed by atoms with Crippen LogP contribution in [0.2, 0.25) is 0 Å². The highest BCUT2D eigenvalue weighted by molar-refractivity contribution is 5.94. The monoisotopic (exact) mass is 437 g/mol. The minimum atomic E-state index is -0.421. The van der Waals surface area contributed by atoms with Crippen LogP contribution in [0.3, 0.4) is 0 Å². The summed E-state index contributed by atoms with van der Waals surface area (Å²) in [6, 6.07) is 9.52. The van der Waals surface area contributed by atoms with Gasteiger partial charge in [-0.2, -0.15) is 0 Å². The summed E-state index contributed by atoms with van der Waals surface area (Å²) in [5, 5.41) is 5.95. The van der Waals surface area contributed by atoms with Crippen LogP contribution in [-0.4, -0.2) is 23.3 Å². The maximum Gasteiger partial charge on any atom is 0.251 e. The van der Waals surface area contributed by atoms with Crippen molar-refractivity contribution < 1.29 is 14.0 Å². The third kappa shape index (κ3) is 6.49. The van der Waals surface area contributed by atoms with Crippen LogP contribution >= 0.6 is 0 Å². The second kappa shape index (κ2) is 11.0. The zero-order valence-electron chi connectivity index (χ0n) is 19.0. The van der Waals surface area contributed by atoms with Crippen molar-refractivity contribution in [3.05, 3.63) is 77.4 Å². The zero-order valence-corrected chi connectivity index (χ0v) is 19.0. The van der Waals surface area contributed by atoms with Gasteiger partial charge in [-0.1, -0.05) is 37.6 Å². The number of nitrogens with one attached hydrogen (secondary N) is 2. The topological polar surface area (TPSA) is 71.1 Å². The Kier molecular flexibility index (Phi) is 8.14. The third-order valence-electron chi connectivity index (χ3n) is 6.31. The number of allylic oxidation sites excluding steroid dienone is 1. The molecule has 3 atom stereocenters. The first kappa shape index (κ1) is 23.6. The van der Waals surface area contributed by atoms with Gasteiger partial charge in [0.15, 0.2) is 0 Å². The summed E-state index contributed by atoms with van der Waals surface area (Å²) in [5.41, 5.74) is 2.49. The molecule has 0 aliphatic heterocycles. The van der Waals surface area contributed by atoms with E-state index in [0.717, 1.165) is 12.0 Å². The Morgan fingerprint density at radius 2 is 2.00 bits per heavy atom. The Bertz CT molecular complexity index is 959. The molecule has 2 aromatic rings. The van der Waals surface area contributed by atoms with Gasteiger partial charge in [-0.05, 0) is 66.8 Å². The molecule has 1 heterocycles. The van der Waals surface area contributed by atoms with Crippen molar-refractivity contribution in [1.82, 2.24) is 15.6 Å². The minimum Gasteiger partial charge on any atom is -0.352 e. The summed E-state index contributed by atoms with van der Waals surface area (Å²) >= 11 is 0. The first-order valence-electron chi connectivity index (χ1n) is 11.2. The van der Waals surface area contributed by atoms with Gasteiger partial charge in [-0.3, -0.25) is 14.6 Å². The molecule has 6 heteroatoms. The Hall–Kier alpha value is -3.02. The Morgan fingerprint density at radius 3 is 2.69 bits per heavy atom. The number of aromatic nitrogens is 1. The third-order valence-corrected chi connectivity index (χ3v) is 6.31. The summed E-state index contributed by atoms with van der Waals surface area (Å²) in [7, 11) is 0. The lowest BCUT2D eigenvalue weighted by Gasteiger charge is -2.37. The summed E-state index contributed by atoms with van der Waals surface area (Å²) in [6.07, 6.45) is 7.03. The van der Waals surface area contributed by atoms with Gasteiger partial charge in [0.2, 0.25) is 5.91 Å². The molecule has 3 rings (SSSR count). The van der Waals surface area contributed by atoms with Gasteiger partial charge >= 0.3 is 0 Å². The molecule has 0 radical (unpaired) electrons. The van der Waals surface area contributed by atoms with Gasteiger partial charge in [0.05, 0.1) is 0 Å². The van der Waals surface area contributed by atoms with Crippen molar-refractivity contribution in [2.45, 2.75) is 40.2 Å². The van der Waals surface area contributed by atoms with Gasteiger partial charge in [-0.15, -0.1) is 0 Å². The van der Waals surface area contributed by atoms with Crippen molar-refractivity contribution in [1.29, 1.82) is 0 Å². The van der Waals surface area contributed by atoms with E-state index < -0.39 is 5.82 Å². The predicted octanol–water partition coefficient (Wildman–Crippen LogP) is 4.51. The van der Waals surface area contributed by atoms with Crippen LogP contribution in [0.25, 0.3) is 0 Å². The SMILES string of the molecule is CC1=C[C@@H](CNC(=O)c2cccc(F)c2)[C@H](C(C)C)C[C@H]1CC(=O)NCc1cccnc1. The fourth-order valence-electron chi connectivity index (χ4n) is 4.45. The Balaban J connectivity index is 1.59. The Morgan fingerprint density at radius 1 is 1.19 bits per heavy atom. The van der Waals surface area contributed by atoms with Crippen molar-refractivity contribution in [2.75, 3.05) is 6.54 Å². The van der Waals surface area contributed by atoms with Gasteiger partial charge in [0.1, 0.15) is 5.82 Å². The highest BCUT2D eigenvalue weighted by Crippen LogP contribution is 2.38. The molecule has 170 valence electrons. The number of hydrogen-bond acceptors (Lipinski definition) is 3. The molecular formula is C26H32FN3O2. The van der Waals surface area contributed by atoms with Gasteiger partial charge in [-0.25, -0.2) is 4.39 Å². The van der Waals surface area contributed by atoms with Gasteiger partial charge in [0, 0.05) is 37.5 Å².